The first-order valence-electron chi connectivity index (χ1n) is 5.89. The molecule has 20 heavy (non-hydrogen) atoms. The van der Waals surface area contributed by atoms with Crippen LogP contribution in [0.1, 0.15) is 5.56 Å². The molecule has 0 bridgehead atoms. The Kier molecular flexibility index (Phi) is 4.42. The summed E-state index contributed by atoms with van der Waals surface area (Å²) in [6.45, 7) is 0.874. The van der Waals surface area contributed by atoms with E-state index in [0.29, 0.717) is 13.1 Å². The van der Waals surface area contributed by atoms with Crippen molar-refractivity contribution in [3.63, 3.8) is 0 Å². The normalized spacial score (nSPS) is 16.1. The van der Waals surface area contributed by atoms with Crippen LogP contribution in [0.2, 0.25) is 0 Å². The molecule has 1 aliphatic heterocycles. The molecule has 0 aliphatic carbocycles. The van der Waals surface area contributed by atoms with E-state index in [1.807, 2.05) is 5.32 Å². The van der Waals surface area contributed by atoms with Gasteiger partial charge in [-0.3, -0.25) is 0 Å². The van der Waals surface area contributed by atoms with E-state index in [4.69, 9.17) is 0 Å². The van der Waals surface area contributed by atoms with Gasteiger partial charge >= 0.3 is 12.2 Å². The quantitative estimate of drug-likeness (QED) is 0.806. The van der Waals surface area contributed by atoms with Gasteiger partial charge < -0.3 is 10.2 Å². The third kappa shape index (κ3) is 3.36. The third-order valence-electron chi connectivity index (χ3n) is 2.85. The molecule has 1 fully saturated rings. The van der Waals surface area contributed by atoms with Crippen molar-refractivity contribution in [1.82, 2.24) is 4.90 Å². The number of alkyl halides is 3. The second kappa shape index (κ2) is 5.90. The SMILES string of the molecule is O=C(Nc1c(F)cccc1C(F)(F)F)N1CCSCC1. The third-order valence-corrected chi connectivity index (χ3v) is 3.79. The number of hydrogen-bond donors (Lipinski definition) is 1. The molecule has 1 saturated heterocycles. The molecule has 0 spiro atoms. The van der Waals surface area contributed by atoms with Gasteiger partial charge in [0.1, 0.15) is 5.82 Å². The van der Waals surface area contributed by atoms with Gasteiger partial charge in [-0.05, 0) is 12.1 Å². The van der Waals surface area contributed by atoms with E-state index in [-0.39, 0.29) is 0 Å². The summed E-state index contributed by atoms with van der Waals surface area (Å²) < 4.78 is 51.9. The number of nitrogens with zero attached hydrogens (tertiary/aromatic N) is 1. The van der Waals surface area contributed by atoms with Gasteiger partial charge in [0.2, 0.25) is 0 Å². The zero-order valence-electron chi connectivity index (χ0n) is 10.3. The highest BCUT2D eigenvalue weighted by molar-refractivity contribution is 7.99. The molecule has 1 heterocycles. The number of nitrogens with one attached hydrogen (secondary N) is 1. The summed E-state index contributed by atoms with van der Waals surface area (Å²) in [6, 6.07) is 1.88. The maximum atomic E-state index is 13.6. The molecular formula is C12H12F4N2OS. The van der Waals surface area contributed by atoms with Gasteiger partial charge in [0.15, 0.2) is 0 Å². The Balaban J connectivity index is 2.22. The highest BCUT2D eigenvalue weighted by Gasteiger charge is 2.35. The van der Waals surface area contributed by atoms with Crippen molar-refractivity contribution in [2.24, 2.45) is 0 Å². The predicted octanol–water partition coefficient (Wildman–Crippen LogP) is 3.43. The van der Waals surface area contributed by atoms with E-state index in [1.165, 1.54) is 4.90 Å². The molecule has 1 aromatic carbocycles. The van der Waals surface area contributed by atoms with Crippen LogP contribution in [0.3, 0.4) is 0 Å². The number of anilines is 1. The molecular weight excluding hydrogens is 296 g/mol. The van der Waals surface area contributed by atoms with Crippen molar-refractivity contribution >= 4 is 23.5 Å². The summed E-state index contributed by atoms with van der Waals surface area (Å²) in [6.07, 6.45) is -4.72. The Morgan fingerprint density at radius 3 is 2.50 bits per heavy atom. The van der Waals surface area contributed by atoms with Crippen LogP contribution in [0.4, 0.5) is 28.0 Å². The van der Waals surface area contributed by atoms with Crippen molar-refractivity contribution < 1.29 is 22.4 Å². The van der Waals surface area contributed by atoms with E-state index < -0.39 is 29.3 Å². The topological polar surface area (TPSA) is 32.3 Å². The lowest BCUT2D eigenvalue weighted by Gasteiger charge is -2.27. The van der Waals surface area contributed by atoms with Crippen LogP contribution in [0.15, 0.2) is 18.2 Å². The first kappa shape index (κ1) is 15.0. The predicted molar refractivity (Wildman–Crippen MR) is 69.3 cm³/mol. The minimum absolute atomic E-state index is 0.437. The Morgan fingerprint density at radius 2 is 1.90 bits per heavy atom. The molecule has 0 aromatic heterocycles. The highest BCUT2D eigenvalue weighted by Crippen LogP contribution is 2.36. The fourth-order valence-corrected chi connectivity index (χ4v) is 2.74. The van der Waals surface area contributed by atoms with Crippen LogP contribution >= 0.6 is 11.8 Å². The van der Waals surface area contributed by atoms with E-state index in [9.17, 15) is 22.4 Å². The smallest absolute Gasteiger partial charge is 0.323 e. The maximum Gasteiger partial charge on any atom is 0.418 e. The van der Waals surface area contributed by atoms with Gasteiger partial charge in [-0.25, -0.2) is 9.18 Å². The molecule has 8 heteroatoms. The Morgan fingerprint density at radius 1 is 1.25 bits per heavy atom. The molecule has 1 aliphatic rings. The highest BCUT2D eigenvalue weighted by atomic mass is 32.2. The maximum absolute atomic E-state index is 13.6. The van der Waals surface area contributed by atoms with E-state index in [1.54, 1.807) is 11.8 Å². The molecule has 0 atom stereocenters. The van der Waals surface area contributed by atoms with Gasteiger partial charge in [0, 0.05) is 24.6 Å². The molecule has 1 aromatic rings. The largest absolute Gasteiger partial charge is 0.418 e. The first-order chi connectivity index (χ1) is 9.39. The Bertz CT molecular complexity index is 501. The van der Waals surface area contributed by atoms with Crippen molar-refractivity contribution in [3.05, 3.63) is 29.6 Å². The Labute approximate surface area is 117 Å². The van der Waals surface area contributed by atoms with Crippen LogP contribution < -0.4 is 5.32 Å². The number of rotatable bonds is 1. The fourth-order valence-electron chi connectivity index (χ4n) is 1.84. The summed E-state index contributed by atoms with van der Waals surface area (Å²) in [4.78, 5) is 13.2. The summed E-state index contributed by atoms with van der Waals surface area (Å²) in [7, 11) is 0. The number of urea groups is 1. The monoisotopic (exact) mass is 308 g/mol. The first-order valence-corrected chi connectivity index (χ1v) is 7.04. The molecule has 0 unspecified atom stereocenters. The van der Waals surface area contributed by atoms with Gasteiger partial charge in [0.25, 0.3) is 0 Å². The van der Waals surface area contributed by atoms with Gasteiger partial charge in [-0.15, -0.1) is 0 Å². The number of hydrogen-bond acceptors (Lipinski definition) is 2. The lowest BCUT2D eigenvalue weighted by Crippen LogP contribution is -2.41. The fraction of sp³-hybridized carbons (Fsp3) is 0.417. The van der Waals surface area contributed by atoms with E-state index >= 15 is 0 Å². The summed E-state index contributed by atoms with van der Waals surface area (Å²) in [5.41, 5.74) is -2.00. The van der Waals surface area contributed by atoms with Gasteiger partial charge in [0.05, 0.1) is 11.3 Å². The van der Waals surface area contributed by atoms with Gasteiger partial charge in [-0.2, -0.15) is 24.9 Å². The van der Waals surface area contributed by atoms with Crippen molar-refractivity contribution in [3.8, 4) is 0 Å². The van der Waals surface area contributed by atoms with Crippen molar-refractivity contribution in [2.75, 3.05) is 29.9 Å². The van der Waals surface area contributed by atoms with Crippen LogP contribution in [0, 0.1) is 5.82 Å². The number of thioether (sulfide) groups is 1. The standard InChI is InChI=1S/C12H12F4N2OS/c13-9-3-1-2-8(12(14,15)16)10(9)17-11(19)18-4-6-20-7-5-18/h1-3H,4-7H2,(H,17,19). The molecule has 2 amide bonds. The minimum atomic E-state index is -4.72. The molecule has 1 N–H and O–H groups in total. The molecule has 110 valence electrons. The number of carbonyl (C=O) groups is 1. The summed E-state index contributed by atoms with van der Waals surface area (Å²) in [5.74, 6) is 0.341. The van der Waals surface area contributed by atoms with Crippen LogP contribution in [-0.2, 0) is 6.18 Å². The van der Waals surface area contributed by atoms with E-state index in [2.05, 4.69) is 0 Å². The number of benzene rings is 1. The number of para-hydroxylation sites is 1. The summed E-state index contributed by atoms with van der Waals surface area (Å²) in [5, 5.41) is 2.04. The van der Waals surface area contributed by atoms with Gasteiger partial charge in [-0.1, -0.05) is 6.07 Å². The van der Waals surface area contributed by atoms with Crippen LogP contribution in [0.5, 0.6) is 0 Å². The Hall–Kier alpha value is -1.44. The lowest BCUT2D eigenvalue weighted by atomic mass is 10.1. The zero-order valence-corrected chi connectivity index (χ0v) is 11.2. The molecule has 3 nitrogen and oxygen atoms in total. The lowest BCUT2D eigenvalue weighted by molar-refractivity contribution is -0.137. The average Bonchev–Trinajstić information content (AvgIpc) is 2.40. The second-order valence-electron chi connectivity index (χ2n) is 4.19. The van der Waals surface area contributed by atoms with Crippen LogP contribution in [0.25, 0.3) is 0 Å². The van der Waals surface area contributed by atoms with E-state index in [0.717, 1.165) is 29.7 Å². The zero-order chi connectivity index (χ0) is 14.8. The molecule has 0 saturated carbocycles. The summed E-state index contributed by atoms with van der Waals surface area (Å²) >= 11 is 1.66. The average molecular weight is 308 g/mol. The van der Waals surface area contributed by atoms with Crippen molar-refractivity contribution in [2.45, 2.75) is 6.18 Å². The molecule has 2 rings (SSSR count). The molecule has 0 radical (unpaired) electrons. The van der Waals surface area contributed by atoms with Crippen molar-refractivity contribution in [1.29, 1.82) is 0 Å². The number of carbonyl (C=O) groups excluding carboxylic acids is 1. The minimum Gasteiger partial charge on any atom is -0.323 e. The number of amides is 2. The number of halogens is 4. The second-order valence-corrected chi connectivity index (χ2v) is 5.41. The van der Waals surface area contributed by atoms with Crippen LogP contribution in [-0.4, -0.2) is 35.5 Å².